The van der Waals surface area contributed by atoms with Crippen LogP contribution in [0.4, 0.5) is 0 Å². The zero-order valence-electron chi connectivity index (χ0n) is 11.6. The molecule has 1 amide bonds. The largest absolute Gasteiger partial charge is 0.385 e. The Morgan fingerprint density at radius 3 is 2.50 bits per heavy atom. The third-order valence-corrected chi connectivity index (χ3v) is 3.72. The summed E-state index contributed by atoms with van der Waals surface area (Å²) < 4.78 is 5.13. The third kappa shape index (κ3) is 5.12. The Balaban J connectivity index is 0.00000289. The van der Waals surface area contributed by atoms with Gasteiger partial charge < -0.3 is 15.4 Å². The summed E-state index contributed by atoms with van der Waals surface area (Å²) in [5.74, 6) is 0.239. The normalized spacial score (nSPS) is 17.2. The van der Waals surface area contributed by atoms with E-state index in [0.29, 0.717) is 6.61 Å². The van der Waals surface area contributed by atoms with Crippen LogP contribution in [-0.2, 0) is 9.53 Å². The van der Waals surface area contributed by atoms with Crippen LogP contribution in [0.2, 0.25) is 0 Å². The summed E-state index contributed by atoms with van der Waals surface area (Å²) in [7, 11) is 3.63. The number of carbonyl (C=O) groups is 1. The fourth-order valence-electron chi connectivity index (χ4n) is 2.59. The van der Waals surface area contributed by atoms with Gasteiger partial charge in [0.15, 0.2) is 0 Å². The Bertz CT molecular complexity index is 231. The van der Waals surface area contributed by atoms with Crippen molar-refractivity contribution in [1.82, 2.24) is 10.6 Å². The fraction of sp³-hybridized carbons (Fsp3) is 0.923. The second kappa shape index (κ2) is 9.59. The van der Waals surface area contributed by atoms with Crippen molar-refractivity contribution in [2.45, 2.75) is 38.5 Å². The topological polar surface area (TPSA) is 50.4 Å². The second-order valence-corrected chi connectivity index (χ2v) is 4.94. The Morgan fingerprint density at radius 1 is 1.28 bits per heavy atom. The van der Waals surface area contributed by atoms with Crippen molar-refractivity contribution in [2.24, 2.45) is 5.41 Å². The van der Waals surface area contributed by atoms with E-state index in [-0.39, 0.29) is 23.7 Å². The summed E-state index contributed by atoms with van der Waals surface area (Å²) in [6, 6.07) is 0. The molecular weight excluding hydrogens is 252 g/mol. The van der Waals surface area contributed by atoms with E-state index in [1.165, 1.54) is 12.8 Å². The number of methoxy groups -OCH3 is 1. The molecule has 1 fully saturated rings. The number of halogens is 1. The first-order chi connectivity index (χ1) is 8.25. The van der Waals surface area contributed by atoms with Crippen LogP contribution in [0.25, 0.3) is 0 Å². The molecule has 5 heteroatoms. The molecule has 0 radical (unpaired) electrons. The minimum atomic E-state index is -0.143. The molecule has 0 aliphatic heterocycles. The van der Waals surface area contributed by atoms with E-state index in [4.69, 9.17) is 4.74 Å². The van der Waals surface area contributed by atoms with Crippen LogP contribution in [0.15, 0.2) is 0 Å². The molecule has 1 aliphatic rings. The standard InChI is InChI=1S/C13H26N2O2.ClH/c1-14-9-5-10-15-12(16)13(8-11-17-2)6-3-4-7-13;/h14H,3-11H2,1-2H3,(H,15,16);1H. The first-order valence-electron chi connectivity index (χ1n) is 6.67. The van der Waals surface area contributed by atoms with Gasteiger partial charge in [0, 0.05) is 20.3 Å². The molecule has 108 valence electrons. The van der Waals surface area contributed by atoms with E-state index in [1.54, 1.807) is 7.11 Å². The molecule has 4 nitrogen and oxygen atoms in total. The molecule has 1 saturated carbocycles. The highest BCUT2D eigenvalue weighted by molar-refractivity contribution is 5.85. The zero-order valence-corrected chi connectivity index (χ0v) is 12.4. The molecule has 1 rings (SSSR count). The number of hydrogen-bond acceptors (Lipinski definition) is 3. The van der Waals surface area contributed by atoms with Gasteiger partial charge in [0.2, 0.25) is 5.91 Å². The summed E-state index contributed by atoms with van der Waals surface area (Å²) in [6.07, 6.45) is 6.24. The van der Waals surface area contributed by atoms with E-state index in [1.807, 2.05) is 7.05 Å². The molecule has 0 saturated heterocycles. The van der Waals surface area contributed by atoms with E-state index >= 15 is 0 Å². The lowest BCUT2D eigenvalue weighted by atomic mass is 9.82. The van der Waals surface area contributed by atoms with Crippen molar-refractivity contribution in [1.29, 1.82) is 0 Å². The molecule has 1 aliphatic carbocycles. The molecule has 0 aromatic heterocycles. The highest BCUT2D eigenvalue weighted by atomic mass is 35.5. The smallest absolute Gasteiger partial charge is 0.226 e. The van der Waals surface area contributed by atoms with Crippen LogP contribution in [0.3, 0.4) is 0 Å². The molecule has 0 aromatic carbocycles. The third-order valence-electron chi connectivity index (χ3n) is 3.72. The average Bonchev–Trinajstić information content (AvgIpc) is 2.82. The summed E-state index contributed by atoms with van der Waals surface area (Å²) in [6.45, 7) is 2.41. The maximum atomic E-state index is 12.2. The van der Waals surface area contributed by atoms with Gasteiger partial charge in [-0.2, -0.15) is 0 Å². The SMILES string of the molecule is CNCCCNC(=O)C1(CCOC)CCCC1.Cl. The number of hydrogen-bond donors (Lipinski definition) is 2. The predicted molar refractivity (Wildman–Crippen MR) is 76.2 cm³/mol. The summed E-state index contributed by atoms with van der Waals surface area (Å²) in [5, 5.41) is 6.16. The molecule has 0 spiro atoms. The minimum Gasteiger partial charge on any atom is -0.385 e. The van der Waals surface area contributed by atoms with Gasteiger partial charge in [-0.05, 0) is 39.3 Å². The van der Waals surface area contributed by atoms with Crippen molar-refractivity contribution in [3.05, 3.63) is 0 Å². The predicted octanol–water partition coefficient (Wildman–Crippen LogP) is 1.73. The van der Waals surface area contributed by atoms with Gasteiger partial charge in [-0.3, -0.25) is 4.79 Å². The second-order valence-electron chi connectivity index (χ2n) is 4.94. The van der Waals surface area contributed by atoms with Crippen LogP contribution in [0.1, 0.15) is 38.5 Å². The Kier molecular flexibility index (Phi) is 9.42. The van der Waals surface area contributed by atoms with E-state index in [9.17, 15) is 4.79 Å². The summed E-state index contributed by atoms with van der Waals surface area (Å²) in [5.41, 5.74) is -0.143. The lowest BCUT2D eigenvalue weighted by Gasteiger charge is -2.27. The lowest BCUT2D eigenvalue weighted by Crippen LogP contribution is -2.40. The molecule has 18 heavy (non-hydrogen) atoms. The van der Waals surface area contributed by atoms with Crippen LogP contribution >= 0.6 is 12.4 Å². The van der Waals surface area contributed by atoms with Crippen LogP contribution in [0, 0.1) is 5.41 Å². The highest BCUT2D eigenvalue weighted by Gasteiger charge is 2.40. The quantitative estimate of drug-likeness (QED) is 0.665. The van der Waals surface area contributed by atoms with Crippen LogP contribution in [-0.4, -0.2) is 39.8 Å². The first kappa shape index (κ1) is 17.7. The maximum Gasteiger partial charge on any atom is 0.226 e. The van der Waals surface area contributed by atoms with Gasteiger partial charge in [-0.1, -0.05) is 12.8 Å². The monoisotopic (exact) mass is 278 g/mol. The summed E-state index contributed by atoms with van der Waals surface area (Å²) in [4.78, 5) is 12.2. The minimum absolute atomic E-state index is 0. The molecule has 2 N–H and O–H groups in total. The van der Waals surface area contributed by atoms with Gasteiger partial charge >= 0.3 is 0 Å². The van der Waals surface area contributed by atoms with Gasteiger partial charge in [0.25, 0.3) is 0 Å². The van der Waals surface area contributed by atoms with Gasteiger partial charge in [-0.15, -0.1) is 12.4 Å². The molecule has 0 bridgehead atoms. The van der Waals surface area contributed by atoms with Crippen molar-refractivity contribution in [2.75, 3.05) is 33.9 Å². The van der Waals surface area contributed by atoms with Crippen molar-refractivity contribution < 1.29 is 9.53 Å². The van der Waals surface area contributed by atoms with Crippen LogP contribution < -0.4 is 10.6 Å². The van der Waals surface area contributed by atoms with Gasteiger partial charge in [-0.25, -0.2) is 0 Å². The van der Waals surface area contributed by atoms with E-state index in [2.05, 4.69) is 10.6 Å². The Labute approximate surface area is 117 Å². The number of ether oxygens (including phenoxy) is 1. The van der Waals surface area contributed by atoms with E-state index < -0.39 is 0 Å². The lowest BCUT2D eigenvalue weighted by molar-refractivity contribution is -0.131. The highest BCUT2D eigenvalue weighted by Crippen LogP contribution is 2.41. The molecule has 0 atom stereocenters. The van der Waals surface area contributed by atoms with Crippen molar-refractivity contribution >= 4 is 18.3 Å². The van der Waals surface area contributed by atoms with Crippen LogP contribution in [0.5, 0.6) is 0 Å². The number of amides is 1. The first-order valence-corrected chi connectivity index (χ1v) is 6.67. The number of rotatable bonds is 8. The molecular formula is C13H27ClN2O2. The zero-order chi connectivity index (χ0) is 12.6. The fourth-order valence-corrected chi connectivity index (χ4v) is 2.59. The van der Waals surface area contributed by atoms with Gasteiger partial charge in [0.05, 0.1) is 5.41 Å². The Hall–Kier alpha value is -0.320. The number of carbonyl (C=O) groups excluding carboxylic acids is 1. The molecule has 0 heterocycles. The van der Waals surface area contributed by atoms with E-state index in [0.717, 1.165) is 38.8 Å². The Morgan fingerprint density at radius 2 is 1.94 bits per heavy atom. The maximum absolute atomic E-state index is 12.2. The van der Waals surface area contributed by atoms with Gasteiger partial charge in [0.1, 0.15) is 0 Å². The van der Waals surface area contributed by atoms with Crippen molar-refractivity contribution in [3.8, 4) is 0 Å². The summed E-state index contributed by atoms with van der Waals surface area (Å²) >= 11 is 0. The molecule has 0 aromatic rings. The average molecular weight is 279 g/mol. The van der Waals surface area contributed by atoms with Crippen molar-refractivity contribution in [3.63, 3.8) is 0 Å². The number of nitrogens with one attached hydrogen (secondary N) is 2. The molecule has 0 unspecified atom stereocenters.